The fraction of sp³-hybridized carbons (Fsp3) is 0.111. The lowest BCUT2D eigenvalue weighted by Crippen LogP contribution is -2.46. The molecule has 1 aromatic carbocycles. The molecule has 0 atom stereocenters. The molecule has 2 amide bonds. The highest BCUT2D eigenvalue weighted by Crippen LogP contribution is 2.06. The third kappa shape index (κ3) is 2.94. The number of hydrogen-bond acceptors (Lipinski definition) is 4. The topological polar surface area (TPSA) is 122 Å². The number of carbonyl (C=O) groups is 2. The number of nitrogens with two attached hydrogens (primary N) is 2. The summed E-state index contributed by atoms with van der Waals surface area (Å²) in [5.74, 6) is 9.24. The van der Waals surface area contributed by atoms with Crippen LogP contribution in [0.3, 0.4) is 0 Å². The van der Waals surface area contributed by atoms with Gasteiger partial charge in [0.15, 0.2) is 0 Å². The fourth-order valence-electron chi connectivity index (χ4n) is 1.15. The Kier molecular flexibility index (Phi) is 3.81. The van der Waals surface area contributed by atoms with Crippen molar-refractivity contribution >= 4 is 12.0 Å². The Bertz CT molecular complexity index is 407. The third-order valence-electron chi connectivity index (χ3n) is 1.91. The van der Waals surface area contributed by atoms with Crippen LogP contribution in [0.2, 0.25) is 0 Å². The zero-order valence-electron chi connectivity index (χ0n) is 8.38. The van der Waals surface area contributed by atoms with Crippen molar-refractivity contribution in [3.05, 3.63) is 35.4 Å². The summed E-state index contributed by atoms with van der Waals surface area (Å²) >= 11 is 0. The first-order valence-corrected chi connectivity index (χ1v) is 4.39. The van der Waals surface area contributed by atoms with Gasteiger partial charge in [-0.15, -0.1) is 0 Å². The van der Waals surface area contributed by atoms with Crippen LogP contribution in [0.1, 0.15) is 15.9 Å². The number of rotatable bonds is 3. The first-order valence-electron chi connectivity index (χ1n) is 4.39. The molecule has 1 aromatic rings. The van der Waals surface area contributed by atoms with Gasteiger partial charge in [0.2, 0.25) is 0 Å². The maximum atomic E-state index is 11.0. The maximum absolute atomic E-state index is 11.0. The number of benzene rings is 1. The van der Waals surface area contributed by atoms with Crippen molar-refractivity contribution in [2.24, 2.45) is 11.7 Å². The molecule has 0 aliphatic heterocycles. The second kappa shape index (κ2) is 5.10. The molecule has 7 nitrogen and oxygen atoms in total. The number of nitrogens with one attached hydrogen (secondary N) is 1. The van der Waals surface area contributed by atoms with Gasteiger partial charge in [-0.2, -0.15) is 0 Å². The highest BCUT2D eigenvalue weighted by Gasteiger charge is 2.09. The molecule has 0 aliphatic carbocycles. The van der Waals surface area contributed by atoms with Gasteiger partial charge in [0.05, 0.1) is 12.1 Å². The van der Waals surface area contributed by atoms with E-state index in [1.54, 1.807) is 12.1 Å². The van der Waals surface area contributed by atoms with Gasteiger partial charge < -0.3 is 5.11 Å². The minimum atomic E-state index is -1.03. The molecule has 0 radical (unpaired) electrons. The van der Waals surface area contributed by atoms with E-state index in [0.717, 1.165) is 5.01 Å². The predicted octanol–water partition coefficient (Wildman–Crippen LogP) is -0.356. The number of carbonyl (C=O) groups excluding carboxylic acids is 1. The first-order chi connectivity index (χ1) is 7.54. The van der Waals surface area contributed by atoms with Crippen molar-refractivity contribution in [1.29, 1.82) is 0 Å². The summed E-state index contributed by atoms with van der Waals surface area (Å²) in [7, 11) is 0. The van der Waals surface area contributed by atoms with Crippen LogP contribution in [0, 0.1) is 0 Å². The number of hydrogen-bond donors (Lipinski definition) is 4. The SMILES string of the molecule is NNC(=O)N(N)Cc1cccc(C(=O)O)c1. The fourth-order valence-corrected chi connectivity index (χ4v) is 1.15. The number of aromatic carboxylic acids is 1. The zero-order valence-corrected chi connectivity index (χ0v) is 8.38. The Morgan fingerprint density at radius 2 is 2.12 bits per heavy atom. The van der Waals surface area contributed by atoms with Crippen molar-refractivity contribution in [2.45, 2.75) is 6.54 Å². The Hall–Kier alpha value is -2.12. The van der Waals surface area contributed by atoms with Crippen LogP contribution < -0.4 is 17.1 Å². The minimum Gasteiger partial charge on any atom is -0.478 e. The van der Waals surface area contributed by atoms with Crippen LogP contribution in [0.5, 0.6) is 0 Å². The molecular formula is C9H12N4O3. The summed E-state index contributed by atoms with van der Waals surface area (Å²) < 4.78 is 0. The summed E-state index contributed by atoms with van der Waals surface area (Å²) in [5, 5.41) is 9.60. The molecule has 6 N–H and O–H groups in total. The van der Waals surface area contributed by atoms with E-state index in [-0.39, 0.29) is 12.1 Å². The quantitative estimate of drug-likeness (QED) is 0.317. The second-order valence-corrected chi connectivity index (χ2v) is 3.08. The Morgan fingerprint density at radius 3 is 2.69 bits per heavy atom. The molecule has 0 saturated carbocycles. The van der Waals surface area contributed by atoms with Gasteiger partial charge in [-0.1, -0.05) is 12.1 Å². The van der Waals surface area contributed by atoms with E-state index in [4.69, 9.17) is 16.8 Å². The Labute approximate surface area is 91.6 Å². The van der Waals surface area contributed by atoms with Crippen molar-refractivity contribution in [3.8, 4) is 0 Å². The van der Waals surface area contributed by atoms with Crippen LogP contribution in [-0.4, -0.2) is 22.1 Å². The summed E-state index contributed by atoms with van der Waals surface area (Å²) in [5.41, 5.74) is 2.61. The molecule has 0 heterocycles. The van der Waals surface area contributed by atoms with E-state index in [1.807, 2.05) is 5.43 Å². The molecular weight excluding hydrogens is 212 g/mol. The molecule has 0 aromatic heterocycles. The standard InChI is InChI=1S/C9H12N4O3/c10-12-9(16)13(11)5-6-2-1-3-7(4-6)8(14)15/h1-4H,5,10-11H2,(H,12,16)(H,14,15). The zero-order chi connectivity index (χ0) is 12.1. The summed E-state index contributed by atoms with van der Waals surface area (Å²) in [6.07, 6.45) is 0. The Balaban J connectivity index is 2.78. The lowest BCUT2D eigenvalue weighted by atomic mass is 10.1. The highest BCUT2D eigenvalue weighted by atomic mass is 16.4. The van der Waals surface area contributed by atoms with E-state index < -0.39 is 12.0 Å². The van der Waals surface area contributed by atoms with Crippen LogP contribution in [0.4, 0.5) is 4.79 Å². The van der Waals surface area contributed by atoms with Crippen molar-refractivity contribution in [3.63, 3.8) is 0 Å². The molecule has 0 aliphatic rings. The minimum absolute atomic E-state index is 0.0736. The lowest BCUT2D eigenvalue weighted by molar-refractivity contribution is 0.0696. The van der Waals surface area contributed by atoms with Gasteiger partial charge in [0.25, 0.3) is 0 Å². The molecule has 0 unspecified atom stereocenters. The van der Waals surface area contributed by atoms with E-state index in [9.17, 15) is 9.59 Å². The molecule has 0 bridgehead atoms. The van der Waals surface area contributed by atoms with Crippen molar-refractivity contribution in [2.75, 3.05) is 0 Å². The summed E-state index contributed by atoms with van der Waals surface area (Å²) in [6.45, 7) is 0.0736. The van der Waals surface area contributed by atoms with Crippen molar-refractivity contribution < 1.29 is 14.7 Å². The van der Waals surface area contributed by atoms with Crippen LogP contribution in [0.25, 0.3) is 0 Å². The average Bonchev–Trinajstić information content (AvgIpc) is 2.28. The monoisotopic (exact) mass is 224 g/mol. The van der Waals surface area contributed by atoms with Crippen LogP contribution >= 0.6 is 0 Å². The Morgan fingerprint density at radius 1 is 1.44 bits per heavy atom. The molecule has 16 heavy (non-hydrogen) atoms. The average molecular weight is 224 g/mol. The number of amides is 2. The van der Waals surface area contributed by atoms with Crippen LogP contribution in [0.15, 0.2) is 24.3 Å². The highest BCUT2D eigenvalue weighted by molar-refractivity contribution is 5.87. The molecule has 0 fully saturated rings. The number of hydrazine groups is 2. The molecule has 0 saturated heterocycles. The number of nitrogens with zero attached hydrogens (tertiary/aromatic N) is 1. The van der Waals surface area contributed by atoms with E-state index in [2.05, 4.69) is 0 Å². The molecule has 1 rings (SSSR count). The summed E-state index contributed by atoms with van der Waals surface area (Å²) in [4.78, 5) is 21.7. The van der Waals surface area contributed by atoms with E-state index >= 15 is 0 Å². The van der Waals surface area contributed by atoms with Gasteiger partial charge in [0.1, 0.15) is 0 Å². The number of urea groups is 1. The first kappa shape index (κ1) is 12.0. The largest absolute Gasteiger partial charge is 0.478 e. The number of carboxylic acids is 1. The van der Waals surface area contributed by atoms with Gasteiger partial charge in [-0.25, -0.2) is 21.3 Å². The molecule has 86 valence electrons. The second-order valence-electron chi connectivity index (χ2n) is 3.08. The maximum Gasteiger partial charge on any atom is 0.345 e. The summed E-state index contributed by atoms with van der Waals surface area (Å²) in [6, 6.07) is 5.48. The van der Waals surface area contributed by atoms with Gasteiger partial charge >= 0.3 is 12.0 Å². The predicted molar refractivity (Wildman–Crippen MR) is 55.9 cm³/mol. The normalized spacial score (nSPS) is 9.62. The van der Waals surface area contributed by atoms with Gasteiger partial charge in [-0.05, 0) is 17.7 Å². The van der Waals surface area contributed by atoms with Gasteiger partial charge in [0, 0.05) is 0 Å². The van der Waals surface area contributed by atoms with E-state index in [1.165, 1.54) is 12.1 Å². The van der Waals surface area contributed by atoms with Crippen molar-refractivity contribution in [1.82, 2.24) is 10.4 Å². The van der Waals surface area contributed by atoms with E-state index in [0.29, 0.717) is 5.56 Å². The van der Waals surface area contributed by atoms with Crippen LogP contribution in [-0.2, 0) is 6.54 Å². The number of carboxylic acid groups (broad SMARTS) is 1. The lowest BCUT2D eigenvalue weighted by Gasteiger charge is -2.15. The molecule has 7 heteroatoms. The molecule has 0 spiro atoms. The third-order valence-corrected chi connectivity index (χ3v) is 1.91. The van der Waals surface area contributed by atoms with Gasteiger partial charge in [-0.3, -0.25) is 10.4 Å². The smallest absolute Gasteiger partial charge is 0.345 e.